The number of ether oxygens (including phenoxy) is 1. The molecule has 4 heterocycles. The minimum absolute atomic E-state index is 0.0334. The van der Waals surface area contributed by atoms with E-state index in [2.05, 4.69) is 4.98 Å². The Hall–Kier alpha value is -1.75. The molecule has 5 nitrogen and oxygen atoms in total. The molecule has 0 N–H and O–H groups in total. The van der Waals surface area contributed by atoms with Gasteiger partial charge in [0.1, 0.15) is 0 Å². The molecule has 4 atom stereocenters. The first-order chi connectivity index (χ1) is 9.25. The number of hydrogen-bond acceptors (Lipinski definition) is 4. The van der Waals surface area contributed by atoms with Crippen molar-refractivity contribution >= 4 is 11.8 Å². The largest absolute Gasteiger partial charge is 0.373 e. The highest BCUT2D eigenvalue weighted by Gasteiger charge is 2.62. The Labute approximate surface area is 110 Å². The topological polar surface area (TPSA) is 59.5 Å². The molecule has 5 heteroatoms. The van der Waals surface area contributed by atoms with Crippen molar-refractivity contribution in [2.75, 3.05) is 0 Å². The Morgan fingerprint density at radius 1 is 1.11 bits per heavy atom. The number of rotatable bonds is 2. The van der Waals surface area contributed by atoms with Gasteiger partial charge in [-0.15, -0.1) is 0 Å². The third kappa shape index (κ3) is 1.48. The molecule has 0 radical (unpaired) electrons. The molecule has 19 heavy (non-hydrogen) atoms. The van der Waals surface area contributed by atoms with Crippen molar-refractivity contribution in [1.29, 1.82) is 0 Å². The number of imide groups is 1. The van der Waals surface area contributed by atoms with E-state index in [-0.39, 0.29) is 35.9 Å². The third-order valence-electron chi connectivity index (χ3n) is 4.47. The first kappa shape index (κ1) is 11.1. The number of amides is 2. The predicted molar refractivity (Wildman–Crippen MR) is 64.7 cm³/mol. The highest BCUT2D eigenvalue weighted by molar-refractivity contribution is 6.06. The predicted octanol–water partition coefficient (Wildman–Crippen LogP) is 0.744. The first-order valence-electron chi connectivity index (χ1n) is 6.65. The smallest absolute Gasteiger partial charge is 0.236 e. The lowest BCUT2D eigenvalue weighted by Crippen LogP contribution is -2.33. The van der Waals surface area contributed by atoms with E-state index in [1.807, 2.05) is 12.1 Å². The molecule has 3 fully saturated rings. The maximum absolute atomic E-state index is 12.4. The lowest BCUT2D eigenvalue weighted by Gasteiger charge is -2.17. The average molecular weight is 258 g/mol. The Kier molecular flexibility index (Phi) is 2.26. The summed E-state index contributed by atoms with van der Waals surface area (Å²) in [5.74, 6) is -0.570. The van der Waals surface area contributed by atoms with E-state index in [0.717, 1.165) is 18.4 Å². The lowest BCUT2D eigenvalue weighted by atomic mass is 9.81. The van der Waals surface area contributed by atoms with Gasteiger partial charge >= 0.3 is 0 Å². The summed E-state index contributed by atoms with van der Waals surface area (Å²) in [6, 6.07) is 3.67. The standard InChI is InChI=1S/C14H14N2O3/c17-13-11-9-1-2-10(19-9)12(11)14(18)16(13)7-8-3-5-15-6-4-8/h3-6,9-12H,1-2,7H2/t9-,10-,11-,12-/m1/s1. The summed E-state index contributed by atoms with van der Waals surface area (Å²) in [6.07, 6.45) is 5.10. The SMILES string of the molecule is O=C1[C@H]2[C@H](C(=O)N1Cc1ccncc1)[C@H]1CC[C@H]2O1. The van der Waals surface area contributed by atoms with E-state index in [9.17, 15) is 9.59 Å². The van der Waals surface area contributed by atoms with Gasteiger partial charge in [-0.1, -0.05) is 0 Å². The van der Waals surface area contributed by atoms with Crippen molar-refractivity contribution in [3.8, 4) is 0 Å². The van der Waals surface area contributed by atoms with E-state index in [1.165, 1.54) is 4.90 Å². The number of nitrogens with zero attached hydrogens (tertiary/aromatic N) is 2. The molecule has 2 bridgehead atoms. The summed E-state index contributed by atoms with van der Waals surface area (Å²) < 4.78 is 5.70. The van der Waals surface area contributed by atoms with Crippen LogP contribution in [0.15, 0.2) is 24.5 Å². The highest BCUT2D eigenvalue weighted by atomic mass is 16.5. The van der Waals surface area contributed by atoms with Crippen molar-refractivity contribution < 1.29 is 14.3 Å². The molecule has 4 rings (SSSR count). The van der Waals surface area contributed by atoms with Gasteiger partial charge in [0, 0.05) is 12.4 Å². The molecule has 0 spiro atoms. The normalized spacial score (nSPS) is 36.1. The summed E-state index contributed by atoms with van der Waals surface area (Å²) in [5.41, 5.74) is 0.935. The quantitative estimate of drug-likeness (QED) is 0.734. The number of carbonyl (C=O) groups is 2. The van der Waals surface area contributed by atoms with Crippen LogP contribution in [0.1, 0.15) is 18.4 Å². The van der Waals surface area contributed by atoms with Crippen molar-refractivity contribution in [3.63, 3.8) is 0 Å². The van der Waals surface area contributed by atoms with E-state index < -0.39 is 0 Å². The van der Waals surface area contributed by atoms with Gasteiger partial charge in [-0.2, -0.15) is 0 Å². The van der Waals surface area contributed by atoms with Crippen LogP contribution in [0.2, 0.25) is 0 Å². The molecule has 0 aliphatic carbocycles. The molecular formula is C14H14N2O3. The van der Waals surface area contributed by atoms with Gasteiger partial charge in [-0.05, 0) is 30.5 Å². The van der Waals surface area contributed by atoms with Crippen LogP contribution in [-0.2, 0) is 20.9 Å². The van der Waals surface area contributed by atoms with E-state index in [4.69, 9.17) is 4.74 Å². The van der Waals surface area contributed by atoms with Gasteiger partial charge < -0.3 is 4.74 Å². The minimum atomic E-state index is -0.229. The molecule has 98 valence electrons. The molecule has 0 unspecified atom stereocenters. The highest BCUT2D eigenvalue weighted by Crippen LogP contribution is 2.48. The molecule has 0 saturated carbocycles. The second kappa shape index (κ2) is 3.87. The molecule has 2 amide bonds. The van der Waals surface area contributed by atoms with Gasteiger partial charge in [0.15, 0.2) is 0 Å². The fourth-order valence-corrected chi connectivity index (χ4v) is 3.60. The average Bonchev–Trinajstić information content (AvgIpc) is 3.10. The summed E-state index contributed by atoms with van der Waals surface area (Å²) in [4.78, 5) is 30.1. The fourth-order valence-electron chi connectivity index (χ4n) is 3.60. The zero-order valence-corrected chi connectivity index (χ0v) is 10.4. The first-order valence-corrected chi connectivity index (χ1v) is 6.65. The minimum Gasteiger partial charge on any atom is -0.373 e. The summed E-state index contributed by atoms with van der Waals surface area (Å²) >= 11 is 0. The van der Waals surface area contributed by atoms with Crippen LogP contribution in [0.5, 0.6) is 0 Å². The zero-order chi connectivity index (χ0) is 13.0. The summed E-state index contributed by atoms with van der Waals surface area (Å²) in [5, 5.41) is 0. The van der Waals surface area contributed by atoms with Crippen LogP contribution >= 0.6 is 0 Å². The number of fused-ring (bicyclic) bond motifs is 5. The van der Waals surface area contributed by atoms with Crippen LogP contribution in [0.3, 0.4) is 0 Å². The molecular weight excluding hydrogens is 244 g/mol. The van der Waals surface area contributed by atoms with Crippen LogP contribution in [-0.4, -0.2) is 33.9 Å². The van der Waals surface area contributed by atoms with Gasteiger partial charge in [-0.3, -0.25) is 19.5 Å². The zero-order valence-electron chi connectivity index (χ0n) is 10.4. The molecule has 3 aliphatic rings. The Balaban J connectivity index is 1.61. The Morgan fingerprint density at radius 3 is 2.26 bits per heavy atom. The van der Waals surface area contributed by atoms with Crippen molar-refractivity contribution in [3.05, 3.63) is 30.1 Å². The molecule has 3 saturated heterocycles. The summed E-state index contributed by atoms with van der Waals surface area (Å²) in [7, 11) is 0. The van der Waals surface area contributed by atoms with Crippen LogP contribution in [0, 0.1) is 11.8 Å². The second-order valence-corrected chi connectivity index (χ2v) is 5.46. The van der Waals surface area contributed by atoms with Crippen molar-refractivity contribution in [1.82, 2.24) is 9.88 Å². The Morgan fingerprint density at radius 2 is 1.68 bits per heavy atom. The maximum atomic E-state index is 12.4. The monoisotopic (exact) mass is 258 g/mol. The lowest BCUT2D eigenvalue weighted by molar-refractivity contribution is -0.143. The molecule has 1 aromatic rings. The fraction of sp³-hybridized carbons (Fsp3) is 0.500. The molecule has 3 aliphatic heterocycles. The van der Waals surface area contributed by atoms with E-state index >= 15 is 0 Å². The van der Waals surface area contributed by atoms with Crippen LogP contribution in [0.25, 0.3) is 0 Å². The van der Waals surface area contributed by atoms with Crippen molar-refractivity contribution in [2.45, 2.75) is 31.6 Å². The van der Waals surface area contributed by atoms with E-state index in [0.29, 0.717) is 6.54 Å². The number of likely N-dealkylation sites (tertiary alicyclic amines) is 1. The van der Waals surface area contributed by atoms with E-state index in [1.54, 1.807) is 12.4 Å². The number of carbonyl (C=O) groups excluding carboxylic acids is 2. The maximum Gasteiger partial charge on any atom is 0.236 e. The third-order valence-corrected chi connectivity index (χ3v) is 4.47. The number of hydrogen-bond donors (Lipinski definition) is 0. The second-order valence-electron chi connectivity index (χ2n) is 5.46. The van der Waals surface area contributed by atoms with Gasteiger partial charge in [0.2, 0.25) is 11.8 Å². The van der Waals surface area contributed by atoms with Crippen LogP contribution < -0.4 is 0 Å². The van der Waals surface area contributed by atoms with Gasteiger partial charge in [0.25, 0.3) is 0 Å². The number of pyridine rings is 1. The summed E-state index contributed by atoms with van der Waals surface area (Å²) in [6.45, 7) is 0.354. The van der Waals surface area contributed by atoms with Gasteiger partial charge in [0.05, 0.1) is 30.6 Å². The number of aromatic nitrogens is 1. The van der Waals surface area contributed by atoms with Gasteiger partial charge in [-0.25, -0.2) is 0 Å². The molecule has 1 aromatic heterocycles. The molecule has 0 aromatic carbocycles. The van der Waals surface area contributed by atoms with Crippen LogP contribution in [0.4, 0.5) is 0 Å². The Bertz CT molecular complexity index is 517. The van der Waals surface area contributed by atoms with Crippen molar-refractivity contribution in [2.24, 2.45) is 11.8 Å².